The van der Waals surface area contributed by atoms with Crippen LogP contribution in [0.15, 0.2) is 30.4 Å². The molecule has 0 atom stereocenters. The third-order valence-electron chi connectivity index (χ3n) is 2.68. The highest BCUT2D eigenvalue weighted by Crippen LogP contribution is 2.23. The topological polar surface area (TPSA) is 84.2 Å². The first-order valence-electron chi connectivity index (χ1n) is 5.77. The molecule has 18 heavy (non-hydrogen) atoms. The van der Waals surface area contributed by atoms with Crippen molar-refractivity contribution in [2.45, 2.75) is 6.42 Å². The number of nitrogens with one attached hydrogen (secondary N) is 2. The second-order valence-corrected chi connectivity index (χ2v) is 4.01. The van der Waals surface area contributed by atoms with E-state index in [-0.39, 0.29) is 11.8 Å². The van der Waals surface area contributed by atoms with Gasteiger partial charge in [0.05, 0.1) is 6.42 Å². The van der Waals surface area contributed by atoms with Gasteiger partial charge in [-0.15, -0.1) is 0 Å². The van der Waals surface area contributed by atoms with Crippen LogP contribution in [-0.2, 0) is 11.2 Å². The summed E-state index contributed by atoms with van der Waals surface area (Å²) in [6, 6.07) is 5.22. The Kier molecular flexibility index (Phi) is 3.74. The lowest BCUT2D eigenvalue weighted by molar-refractivity contribution is -0.115. The smallest absolute Gasteiger partial charge is 0.251 e. The Morgan fingerprint density at radius 2 is 2.28 bits per heavy atom. The van der Waals surface area contributed by atoms with E-state index in [1.54, 1.807) is 30.4 Å². The summed E-state index contributed by atoms with van der Waals surface area (Å²) in [4.78, 5) is 23.0. The van der Waals surface area contributed by atoms with Gasteiger partial charge in [0, 0.05) is 24.3 Å². The zero-order valence-electron chi connectivity index (χ0n) is 9.90. The zero-order chi connectivity index (χ0) is 13.0. The van der Waals surface area contributed by atoms with Gasteiger partial charge >= 0.3 is 0 Å². The highest BCUT2D eigenvalue weighted by molar-refractivity contribution is 6.02. The molecular weight excluding hydrogens is 230 g/mol. The molecule has 4 N–H and O–H groups in total. The van der Waals surface area contributed by atoms with Crippen LogP contribution in [0.2, 0.25) is 0 Å². The normalized spacial score (nSPS) is 13.5. The van der Waals surface area contributed by atoms with Gasteiger partial charge in [-0.3, -0.25) is 9.59 Å². The molecule has 0 saturated heterocycles. The molecule has 0 aromatic heterocycles. The summed E-state index contributed by atoms with van der Waals surface area (Å²) in [7, 11) is 0. The van der Waals surface area contributed by atoms with Crippen molar-refractivity contribution in [3.05, 3.63) is 41.5 Å². The molecule has 0 aliphatic carbocycles. The van der Waals surface area contributed by atoms with E-state index in [0.29, 0.717) is 25.1 Å². The van der Waals surface area contributed by atoms with E-state index in [1.165, 1.54) is 0 Å². The fourth-order valence-electron chi connectivity index (χ4n) is 1.79. The van der Waals surface area contributed by atoms with Crippen LogP contribution in [-0.4, -0.2) is 24.9 Å². The first-order valence-corrected chi connectivity index (χ1v) is 5.77. The molecule has 1 aromatic carbocycles. The minimum Gasteiger partial charge on any atom is -0.349 e. The molecule has 1 aliphatic heterocycles. The number of carbonyl (C=O) groups is 2. The minimum absolute atomic E-state index is 0.0339. The summed E-state index contributed by atoms with van der Waals surface area (Å²) in [6.45, 7) is 0.903. The number of hydrogen-bond donors (Lipinski definition) is 3. The third-order valence-corrected chi connectivity index (χ3v) is 2.68. The summed E-state index contributed by atoms with van der Waals surface area (Å²) in [5.41, 5.74) is 7.49. The second-order valence-electron chi connectivity index (χ2n) is 4.01. The van der Waals surface area contributed by atoms with Gasteiger partial charge in [0.1, 0.15) is 0 Å². The van der Waals surface area contributed by atoms with E-state index in [9.17, 15) is 9.59 Å². The number of fused-ring (bicyclic) bond motifs is 1. The predicted octanol–water partition coefficient (Wildman–Crippen LogP) is 0.426. The van der Waals surface area contributed by atoms with Crippen LogP contribution >= 0.6 is 0 Å². The molecule has 5 nitrogen and oxygen atoms in total. The van der Waals surface area contributed by atoms with Crippen LogP contribution < -0.4 is 16.4 Å². The number of rotatable bonds is 4. The third kappa shape index (κ3) is 2.75. The average Bonchev–Trinajstić information content (AvgIpc) is 2.73. The second kappa shape index (κ2) is 5.46. The number of benzene rings is 1. The number of amides is 2. The van der Waals surface area contributed by atoms with Gasteiger partial charge in [-0.05, 0) is 17.7 Å². The van der Waals surface area contributed by atoms with Gasteiger partial charge in [0.15, 0.2) is 0 Å². The maximum Gasteiger partial charge on any atom is 0.251 e. The summed E-state index contributed by atoms with van der Waals surface area (Å²) in [6.07, 6.45) is 3.96. The Hall–Kier alpha value is -2.14. The Labute approximate surface area is 105 Å². The SMILES string of the molecule is NC/C=C/CNC(=O)c1ccc2c(c1)NC(=O)C2. The summed E-state index contributed by atoms with van der Waals surface area (Å²) >= 11 is 0. The number of hydrogen-bond acceptors (Lipinski definition) is 3. The van der Waals surface area contributed by atoms with E-state index in [4.69, 9.17) is 5.73 Å². The largest absolute Gasteiger partial charge is 0.349 e. The molecule has 1 heterocycles. The van der Waals surface area contributed by atoms with Crippen molar-refractivity contribution in [1.82, 2.24) is 5.32 Å². The molecule has 0 radical (unpaired) electrons. The molecule has 0 fully saturated rings. The summed E-state index contributed by atoms with van der Waals surface area (Å²) in [5, 5.41) is 5.46. The molecule has 1 aliphatic rings. The molecule has 94 valence electrons. The van der Waals surface area contributed by atoms with E-state index in [1.807, 2.05) is 0 Å². The van der Waals surface area contributed by atoms with Gasteiger partial charge in [0.2, 0.25) is 5.91 Å². The van der Waals surface area contributed by atoms with Gasteiger partial charge in [-0.25, -0.2) is 0 Å². The van der Waals surface area contributed by atoms with Crippen molar-refractivity contribution in [2.24, 2.45) is 5.73 Å². The van der Waals surface area contributed by atoms with Gasteiger partial charge in [-0.1, -0.05) is 18.2 Å². The first kappa shape index (κ1) is 12.3. The molecule has 0 unspecified atom stereocenters. The average molecular weight is 245 g/mol. The molecule has 2 amide bonds. The Bertz CT molecular complexity index is 509. The molecular formula is C13H15N3O2. The quantitative estimate of drug-likeness (QED) is 0.672. The monoisotopic (exact) mass is 245 g/mol. The zero-order valence-corrected chi connectivity index (χ0v) is 9.90. The lowest BCUT2D eigenvalue weighted by Gasteiger charge is -2.04. The van der Waals surface area contributed by atoms with Gasteiger partial charge < -0.3 is 16.4 Å². The Morgan fingerprint density at radius 3 is 3.06 bits per heavy atom. The van der Waals surface area contributed by atoms with Crippen LogP contribution in [0.4, 0.5) is 5.69 Å². The Balaban J connectivity index is 2.01. The van der Waals surface area contributed by atoms with Crippen LogP contribution in [0, 0.1) is 0 Å². The van der Waals surface area contributed by atoms with E-state index < -0.39 is 0 Å². The van der Waals surface area contributed by atoms with Gasteiger partial charge in [0.25, 0.3) is 5.91 Å². The predicted molar refractivity (Wildman–Crippen MR) is 69.3 cm³/mol. The molecule has 0 spiro atoms. The maximum atomic E-state index is 11.8. The van der Waals surface area contributed by atoms with E-state index in [0.717, 1.165) is 11.3 Å². The van der Waals surface area contributed by atoms with Crippen molar-refractivity contribution in [3.8, 4) is 0 Å². The first-order chi connectivity index (χ1) is 8.70. The number of anilines is 1. The van der Waals surface area contributed by atoms with Crippen LogP contribution in [0.25, 0.3) is 0 Å². The van der Waals surface area contributed by atoms with Crippen molar-refractivity contribution >= 4 is 17.5 Å². The van der Waals surface area contributed by atoms with E-state index >= 15 is 0 Å². The van der Waals surface area contributed by atoms with Crippen LogP contribution in [0.1, 0.15) is 15.9 Å². The minimum atomic E-state index is -0.166. The van der Waals surface area contributed by atoms with Crippen LogP contribution in [0.5, 0.6) is 0 Å². The molecule has 0 bridgehead atoms. The maximum absolute atomic E-state index is 11.8. The number of nitrogens with two attached hydrogens (primary N) is 1. The highest BCUT2D eigenvalue weighted by atomic mass is 16.2. The number of carbonyl (C=O) groups excluding carboxylic acids is 2. The standard InChI is InChI=1S/C13H15N3O2/c14-5-1-2-6-15-13(18)10-4-3-9-8-12(17)16-11(9)7-10/h1-4,7H,5-6,8,14H2,(H,15,18)(H,16,17)/b2-1+. The van der Waals surface area contributed by atoms with Gasteiger partial charge in [-0.2, -0.15) is 0 Å². The molecule has 5 heteroatoms. The molecule has 2 rings (SSSR count). The Morgan fingerprint density at radius 1 is 1.44 bits per heavy atom. The lowest BCUT2D eigenvalue weighted by atomic mass is 10.1. The van der Waals surface area contributed by atoms with Crippen molar-refractivity contribution in [1.29, 1.82) is 0 Å². The fraction of sp³-hybridized carbons (Fsp3) is 0.231. The lowest BCUT2D eigenvalue weighted by Crippen LogP contribution is -2.23. The summed E-state index contributed by atoms with van der Waals surface area (Å²) in [5.74, 6) is -0.200. The molecule has 1 aromatic rings. The van der Waals surface area contributed by atoms with E-state index in [2.05, 4.69) is 10.6 Å². The van der Waals surface area contributed by atoms with Crippen molar-refractivity contribution in [2.75, 3.05) is 18.4 Å². The van der Waals surface area contributed by atoms with Crippen LogP contribution in [0.3, 0.4) is 0 Å². The fourth-order valence-corrected chi connectivity index (χ4v) is 1.79. The molecule has 0 saturated carbocycles. The van der Waals surface area contributed by atoms with Crippen molar-refractivity contribution < 1.29 is 9.59 Å². The van der Waals surface area contributed by atoms with Crippen molar-refractivity contribution in [3.63, 3.8) is 0 Å². The highest BCUT2D eigenvalue weighted by Gasteiger charge is 2.18. The summed E-state index contributed by atoms with van der Waals surface area (Å²) < 4.78 is 0.